The molecule has 0 aliphatic heterocycles. The molecule has 104 valence electrons. The van der Waals surface area contributed by atoms with E-state index in [-0.39, 0.29) is 5.97 Å². The lowest BCUT2D eigenvalue weighted by atomic mass is 10.0. The van der Waals surface area contributed by atoms with Gasteiger partial charge in [0.2, 0.25) is 0 Å². The number of nitrogens with zero attached hydrogens (tertiary/aromatic N) is 1. The molecule has 0 N–H and O–H groups in total. The van der Waals surface area contributed by atoms with Gasteiger partial charge in [-0.1, -0.05) is 26.2 Å². The van der Waals surface area contributed by atoms with E-state index in [0.29, 0.717) is 18.1 Å². The first-order valence-corrected chi connectivity index (χ1v) is 7.43. The van der Waals surface area contributed by atoms with Crippen molar-refractivity contribution < 1.29 is 9.53 Å². The van der Waals surface area contributed by atoms with E-state index in [0.717, 1.165) is 24.2 Å². The van der Waals surface area contributed by atoms with Gasteiger partial charge in [-0.2, -0.15) is 0 Å². The van der Waals surface area contributed by atoms with Crippen molar-refractivity contribution in [1.82, 2.24) is 4.98 Å². The van der Waals surface area contributed by atoms with Crippen molar-refractivity contribution in [3.63, 3.8) is 0 Å². The Hall–Kier alpha value is -1.38. The third-order valence-electron chi connectivity index (χ3n) is 3.75. The summed E-state index contributed by atoms with van der Waals surface area (Å²) in [6.07, 6.45) is 6.90. The van der Waals surface area contributed by atoms with Gasteiger partial charge >= 0.3 is 5.97 Å². The molecule has 3 heteroatoms. The van der Waals surface area contributed by atoms with E-state index in [1.165, 1.54) is 25.7 Å². The minimum absolute atomic E-state index is 0.239. The number of carbonyl (C=O) groups is 1. The Morgan fingerprint density at radius 2 is 2.05 bits per heavy atom. The fourth-order valence-corrected chi connectivity index (χ4v) is 2.79. The van der Waals surface area contributed by atoms with Crippen molar-refractivity contribution in [2.45, 2.75) is 58.3 Å². The minimum Gasteiger partial charge on any atom is -0.462 e. The standard InChI is InChI=1S/C16H23NO2/c1-3-7-15-13(16(18)19-4-2)10-11-14(17-15)12-8-5-6-9-12/h10-12H,3-9H2,1-2H3. The average Bonchev–Trinajstić information content (AvgIpc) is 2.93. The number of esters is 1. The van der Waals surface area contributed by atoms with Crippen molar-refractivity contribution in [3.8, 4) is 0 Å². The Morgan fingerprint density at radius 1 is 1.32 bits per heavy atom. The molecule has 0 atom stereocenters. The summed E-state index contributed by atoms with van der Waals surface area (Å²) in [5.41, 5.74) is 2.71. The second-order valence-electron chi connectivity index (χ2n) is 5.18. The largest absolute Gasteiger partial charge is 0.462 e. The first-order valence-electron chi connectivity index (χ1n) is 7.43. The molecule has 3 nitrogen and oxygen atoms in total. The summed E-state index contributed by atoms with van der Waals surface area (Å²) >= 11 is 0. The van der Waals surface area contributed by atoms with Gasteiger partial charge in [-0.25, -0.2) is 4.79 Å². The summed E-state index contributed by atoms with van der Waals surface area (Å²) in [6, 6.07) is 3.92. The Labute approximate surface area is 115 Å². The van der Waals surface area contributed by atoms with Crippen LogP contribution in [0.1, 0.15) is 73.6 Å². The average molecular weight is 261 g/mol. The summed E-state index contributed by atoms with van der Waals surface area (Å²) in [5.74, 6) is 0.350. The van der Waals surface area contributed by atoms with Crippen molar-refractivity contribution in [3.05, 3.63) is 29.1 Å². The van der Waals surface area contributed by atoms with Gasteiger partial charge in [-0.05, 0) is 38.3 Å². The first kappa shape index (κ1) is 14.0. The number of carbonyl (C=O) groups excluding carboxylic acids is 1. The lowest BCUT2D eigenvalue weighted by Crippen LogP contribution is -2.11. The zero-order chi connectivity index (χ0) is 13.7. The molecule has 1 aliphatic rings. The fraction of sp³-hybridized carbons (Fsp3) is 0.625. The highest BCUT2D eigenvalue weighted by Crippen LogP contribution is 2.33. The summed E-state index contributed by atoms with van der Waals surface area (Å²) in [6.45, 7) is 4.35. The fourth-order valence-electron chi connectivity index (χ4n) is 2.79. The quantitative estimate of drug-likeness (QED) is 0.755. The van der Waals surface area contributed by atoms with E-state index in [2.05, 4.69) is 6.92 Å². The van der Waals surface area contributed by atoms with Gasteiger partial charge in [-0.3, -0.25) is 4.98 Å². The molecule has 0 radical (unpaired) electrons. The maximum absolute atomic E-state index is 11.9. The van der Waals surface area contributed by atoms with Crippen LogP contribution in [-0.2, 0) is 11.2 Å². The van der Waals surface area contributed by atoms with Crippen LogP contribution >= 0.6 is 0 Å². The molecule has 0 amide bonds. The zero-order valence-corrected chi connectivity index (χ0v) is 11.9. The van der Waals surface area contributed by atoms with Crippen LogP contribution in [0.25, 0.3) is 0 Å². The van der Waals surface area contributed by atoms with Crippen LogP contribution in [0.4, 0.5) is 0 Å². The summed E-state index contributed by atoms with van der Waals surface area (Å²) in [5, 5.41) is 0. The summed E-state index contributed by atoms with van der Waals surface area (Å²) in [7, 11) is 0. The molecule has 1 fully saturated rings. The first-order chi connectivity index (χ1) is 9.26. The second-order valence-corrected chi connectivity index (χ2v) is 5.18. The third kappa shape index (κ3) is 3.34. The highest BCUT2D eigenvalue weighted by atomic mass is 16.5. The predicted molar refractivity (Wildman–Crippen MR) is 75.4 cm³/mol. The van der Waals surface area contributed by atoms with E-state index in [1.807, 2.05) is 19.1 Å². The van der Waals surface area contributed by atoms with Gasteiger partial charge in [0.1, 0.15) is 0 Å². The zero-order valence-electron chi connectivity index (χ0n) is 11.9. The maximum Gasteiger partial charge on any atom is 0.339 e. The van der Waals surface area contributed by atoms with Crippen molar-refractivity contribution in [2.75, 3.05) is 6.61 Å². The van der Waals surface area contributed by atoms with Crippen molar-refractivity contribution in [2.24, 2.45) is 0 Å². The van der Waals surface area contributed by atoms with E-state index in [9.17, 15) is 4.79 Å². The van der Waals surface area contributed by atoms with E-state index in [1.54, 1.807) is 0 Å². The van der Waals surface area contributed by atoms with E-state index in [4.69, 9.17) is 9.72 Å². The van der Waals surface area contributed by atoms with Crippen LogP contribution < -0.4 is 0 Å². The maximum atomic E-state index is 11.9. The molecule has 0 saturated heterocycles. The van der Waals surface area contributed by atoms with Gasteiger partial charge in [0.25, 0.3) is 0 Å². The Kier molecular flexibility index (Phi) is 4.94. The molecule has 2 rings (SSSR count). The number of pyridine rings is 1. The lowest BCUT2D eigenvalue weighted by molar-refractivity contribution is 0.0524. The van der Waals surface area contributed by atoms with Gasteiger partial charge in [0.15, 0.2) is 0 Å². The highest BCUT2D eigenvalue weighted by molar-refractivity contribution is 5.90. The van der Waals surface area contributed by atoms with E-state index < -0.39 is 0 Å². The molecule has 0 aromatic carbocycles. The van der Waals surface area contributed by atoms with Crippen LogP contribution in [0, 0.1) is 0 Å². The van der Waals surface area contributed by atoms with Crippen molar-refractivity contribution >= 4 is 5.97 Å². The van der Waals surface area contributed by atoms with Crippen LogP contribution in [0.3, 0.4) is 0 Å². The minimum atomic E-state index is -0.239. The summed E-state index contributed by atoms with van der Waals surface area (Å²) < 4.78 is 5.10. The highest BCUT2D eigenvalue weighted by Gasteiger charge is 2.21. The molecule has 19 heavy (non-hydrogen) atoms. The number of rotatable bonds is 5. The van der Waals surface area contributed by atoms with Crippen LogP contribution in [-0.4, -0.2) is 17.6 Å². The van der Waals surface area contributed by atoms with Gasteiger partial charge in [0.05, 0.1) is 17.9 Å². The van der Waals surface area contributed by atoms with Crippen LogP contribution in [0.15, 0.2) is 12.1 Å². The number of hydrogen-bond acceptors (Lipinski definition) is 3. The number of hydrogen-bond donors (Lipinski definition) is 0. The lowest BCUT2D eigenvalue weighted by Gasteiger charge is -2.13. The van der Waals surface area contributed by atoms with E-state index >= 15 is 0 Å². The molecule has 1 saturated carbocycles. The van der Waals surface area contributed by atoms with Gasteiger partial charge in [-0.15, -0.1) is 0 Å². The SMILES string of the molecule is CCCc1nc(C2CCCC2)ccc1C(=O)OCC. The van der Waals surface area contributed by atoms with Gasteiger partial charge < -0.3 is 4.74 Å². The molecule has 1 aliphatic carbocycles. The molecule has 0 bridgehead atoms. The van der Waals surface area contributed by atoms with Crippen molar-refractivity contribution in [1.29, 1.82) is 0 Å². The smallest absolute Gasteiger partial charge is 0.339 e. The molecule has 1 heterocycles. The number of aryl methyl sites for hydroxylation is 1. The second kappa shape index (κ2) is 6.69. The summed E-state index contributed by atoms with van der Waals surface area (Å²) in [4.78, 5) is 16.7. The Morgan fingerprint density at radius 3 is 2.68 bits per heavy atom. The molecule has 1 aromatic rings. The molecule has 1 aromatic heterocycles. The monoisotopic (exact) mass is 261 g/mol. The topological polar surface area (TPSA) is 39.2 Å². The Balaban J connectivity index is 2.26. The normalized spacial score (nSPS) is 15.7. The van der Waals surface area contributed by atoms with Crippen LogP contribution in [0.2, 0.25) is 0 Å². The Bertz CT molecular complexity index is 436. The number of ether oxygens (including phenoxy) is 1. The molecule has 0 unspecified atom stereocenters. The number of aromatic nitrogens is 1. The molecule has 0 spiro atoms. The van der Waals surface area contributed by atoms with Crippen LogP contribution in [0.5, 0.6) is 0 Å². The molecular weight excluding hydrogens is 238 g/mol. The third-order valence-corrected chi connectivity index (χ3v) is 3.75. The predicted octanol–water partition coefficient (Wildman–Crippen LogP) is 3.87. The molecular formula is C16H23NO2. The van der Waals surface area contributed by atoms with Gasteiger partial charge in [0, 0.05) is 11.6 Å².